The molecule has 84 valence electrons. The van der Waals surface area contributed by atoms with Gasteiger partial charge in [0.05, 0.1) is 0 Å². The molecular formula is C9H7N7O. The highest BCUT2D eigenvalue weighted by Crippen LogP contribution is 2.18. The van der Waals surface area contributed by atoms with Gasteiger partial charge in [0, 0.05) is 18.0 Å². The van der Waals surface area contributed by atoms with Crippen LogP contribution in [0.2, 0.25) is 0 Å². The molecule has 0 amide bonds. The number of hydrogen-bond donors (Lipinski definition) is 2. The van der Waals surface area contributed by atoms with E-state index in [-0.39, 0.29) is 11.8 Å². The molecule has 0 spiro atoms. The predicted octanol–water partition coefficient (Wildman–Crippen LogP) is 0.499. The summed E-state index contributed by atoms with van der Waals surface area (Å²) >= 11 is 0. The highest BCUT2D eigenvalue weighted by atomic mass is 16.5. The van der Waals surface area contributed by atoms with Gasteiger partial charge in [0.15, 0.2) is 0 Å². The minimum atomic E-state index is 0.126. The van der Waals surface area contributed by atoms with Crippen LogP contribution in [0.1, 0.15) is 0 Å². The molecule has 0 atom stereocenters. The van der Waals surface area contributed by atoms with Crippen LogP contribution in [-0.4, -0.2) is 30.3 Å². The number of hydrogen-bond acceptors (Lipinski definition) is 7. The minimum absolute atomic E-state index is 0.126. The van der Waals surface area contributed by atoms with Gasteiger partial charge in [0.25, 0.3) is 5.89 Å². The van der Waals surface area contributed by atoms with E-state index in [1.165, 1.54) is 0 Å². The third-order valence-corrected chi connectivity index (χ3v) is 2.05. The van der Waals surface area contributed by atoms with Gasteiger partial charge in [-0.1, -0.05) is 5.16 Å². The number of aromatic nitrogens is 6. The van der Waals surface area contributed by atoms with Crippen LogP contribution in [0.5, 0.6) is 0 Å². The van der Waals surface area contributed by atoms with E-state index in [1.807, 2.05) is 6.07 Å². The Morgan fingerprint density at radius 1 is 1.29 bits per heavy atom. The normalized spacial score (nSPS) is 10.6. The molecule has 0 aliphatic rings. The summed E-state index contributed by atoms with van der Waals surface area (Å²) < 4.78 is 5.04. The second kappa shape index (κ2) is 3.67. The number of aromatic amines is 1. The molecule has 0 saturated heterocycles. The van der Waals surface area contributed by atoms with Crippen LogP contribution >= 0.6 is 0 Å². The first kappa shape index (κ1) is 9.46. The molecule has 8 nitrogen and oxygen atoms in total. The number of nitrogen functional groups attached to an aromatic ring is 1. The van der Waals surface area contributed by atoms with Crippen molar-refractivity contribution in [3.63, 3.8) is 0 Å². The molecule has 3 heterocycles. The van der Waals surface area contributed by atoms with Gasteiger partial charge in [-0.2, -0.15) is 9.97 Å². The van der Waals surface area contributed by atoms with Crippen molar-refractivity contribution in [2.24, 2.45) is 0 Å². The maximum Gasteiger partial charge on any atom is 0.295 e. The van der Waals surface area contributed by atoms with Crippen molar-refractivity contribution in [3.8, 4) is 23.1 Å². The predicted molar refractivity (Wildman–Crippen MR) is 57.3 cm³/mol. The second-order valence-corrected chi connectivity index (χ2v) is 3.21. The van der Waals surface area contributed by atoms with Crippen molar-refractivity contribution in [2.75, 3.05) is 5.73 Å². The Labute approximate surface area is 94.9 Å². The fourth-order valence-electron chi connectivity index (χ4n) is 1.30. The number of H-pyrrole nitrogens is 1. The number of pyridine rings is 1. The topological polar surface area (TPSA) is 119 Å². The molecule has 0 unspecified atom stereocenters. The summed E-state index contributed by atoms with van der Waals surface area (Å²) in [6, 6.07) is 3.62. The lowest BCUT2D eigenvalue weighted by atomic mass is 10.3. The summed E-state index contributed by atoms with van der Waals surface area (Å²) in [5.41, 5.74) is 6.14. The third-order valence-electron chi connectivity index (χ3n) is 2.05. The lowest BCUT2D eigenvalue weighted by Gasteiger charge is -1.89. The molecule has 0 fully saturated rings. The van der Waals surface area contributed by atoms with E-state index in [0.29, 0.717) is 11.6 Å². The minimum Gasteiger partial charge on any atom is -0.366 e. The van der Waals surface area contributed by atoms with Crippen LogP contribution in [0, 0.1) is 0 Å². The van der Waals surface area contributed by atoms with Gasteiger partial charge in [-0.15, -0.1) is 5.10 Å². The standard InChI is InChI=1S/C9H7N7O/c10-9-13-7(14-15-9)8-12-6(16-17-8)5-2-1-3-11-4-5/h1-4H,(H3,10,13,14,15). The smallest absolute Gasteiger partial charge is 0.295 e. The van der Waals surface area contributed by atoms with Crippen molar-refractivity contribution >= 4 is 5.95 Å². The lowest BCUT2D eigenvalue weighted by Crippen LogP contribution is -1.85. The van der Waals surface area contributed by atoms with Crippen LogP contribution < -0.4 is 5.73 Å². The first-order valence-corrected chi connectivity index (χ1v) is 4.75. The molecule has 3 aromatic heterocycles. The number of nitrogens with two attached hydrogens (primary N) is 1. The molecule has 3 aromatic rings. The van der Waals surface area contributed by atoms with Gasteiger partial charge in [0.2, 0.25) is 17.6 Å². The lowest BCUT2D eigenvalue weighted by molar-refractivity contribution is 0.429. The number of anilines is 1. The van der Waals surface area contributed by atoms with E-state index in [4.69, 9.17) is 10.3 Å². The van der Waals surface area contributed by atoms with Crippen molar-refractivity contribution < 1.29 is 4.52 Å². The summed E-state index contributed by atoms with van der Waals surface area (Å²) in [6.07, 6.45) is 3.31. The Bertz CT molecular complexity index is 630. The highest BCUT2D eigenvalue weighted by Gasteiger charge is 2.13. The van der Waals surface area contributed by atoms with Gasteiger partial charge in [-0.05, 0) is 12.1 Å². The van der Waals surface area contributed by atoms with Crippen molar-refractivity contribution in [2.45, 2.75) is 0 Å². The van der Waals surface area contributed by atoms with Crippen molar-refractivity contribution in [3.05, 3.63) is 24.5 Å². The van der Waals surface area contributed by atoms with Crippen LogP contribution in [0.4, 0.5) is 5.95 Å². The maximum atomic E-state index is 5.38. The summed E-state index contributed by atoms with van der Waals surface area (Å²) in [7, 11) is 0. The maximum absolute atomic E-state index is 5.38. The Kier molecular flexibility index (Phi) is 2.04. The van der Waals surface area contributed by atoms with Crippen molar-refractivity contribution in [1.82, 2.24) is 30.3 Å². The highest BCUT2D eigenvalue weighted by molar-refractivity contribution is 5.55. The summed E-state index contributed by atoms with van der Waals surface area (Å²) in [4.78, 5) is 12.0. The summed E-state index contributed by atoms with van der Waals surface area (Å²) in [5.74, 6) is 1.13. The van der Waals surface area contributed by atoms with E-state index >= 15 is 0 Å². The zero-order valence-corrected chi connectivity index (χ0v) is 8.53. The van der Waals surface area contributed by atoms with E-state index in [1.54, 1.807) is 18.5 Å². The Morgan fingerprint density at radius 3 is 2.94 bits per heavy atom. The zero-order chi connectivity index (χ0) is 11.7. The fourth-order valence-corrected chi connectivity index (χ4v) is 1.30. The monoisotopic (exact) mass is 229 g/mol. The molecule has 8 heteroatoms. The van der Waals surface area contributed by atoms with Gasteiger partial charge in [0.1, 0.15) is 0 Å². The number of nitrogens with one attached hydrogen (secondary N) is 1. The summed E-state index contributed by atoms with van der Waals surface area (Å²) in [5, 5.41) is 10.1. The largest absolute Gasteiger partial charge is 0.366 e. The molecule has 0 radical (unpaired) electrons. The molecule has 3 rings (SSSR count). The molecular weight excluding hydrogens is 222 g/mol. The summed E-state index contributed by atoms with van der Waals surface area (Å²) in [6.45, 7) is 0. The zero-order valence-electron chi connectivity index (χ0n) is 8.53. The van der Waals surface area contributed by atoms with Gasteiger partial charge >= 0.3 is 0 Å². The molecule has 0 aliphatic carbocycles. The molecule has 0 bridgehead atoms. The molecule has 0 aromatic carbocycles. The van der Waals surface area contributed by atoms with Crippen LogP contribution in [0.25, 0.3) is 23.1 Å². The van der Waals surface area contributed by atoms with E-state index in [2.05, 4.69) is 30.3 Å². The molecule has 3 N–H and O–H groups in total. The SMILES string of the molecule is Nc1n[nH]c(-c2nc(-c3cccnc3)no2)n1. The Morgan fingerprint density at radius 2 is 2.24 bits per heavy atom. The van der Waals surface area contributed by atoms with E-state index in [9.17, 15) is 0 Å². The van der Waals surface area contributed by atoms with E-state index in [0.717, 1.165) is 5.56 Å². The number of rotatable bonds is 2. The van der Waals surface area contributed by atoms with Gasteiger partial charge < -0.3 is 10.3 Å². The van der Waals surface area contributed by atoms with Gasteiger partial charge in [-0.25, -0.2) is 0 Å². The Hall–Kier alpha value is -2.77. The third kappa shape index (κ3) is 1.71. The van der Waals surface area contributed by atoms with Gasteiger partial charge in [-0.3, -0.25) is 10.1 Å². The Balaban J connectivity index is 1.99. The average Bonchev–Trinajstić information content (AvgIpc) is 2.98. The van der Waals surface area contributed by atoms with Crippen LogP contribution in [0.15, 0.2) is 29.0 Å². The van der Waals surface area contributed by atoms with E-state index < -0.39 is 0 Å². The average molecular weight is 229 g/mol. The molecule has 17 heavy (non-hydrogen) atoms. The fraction of sp³-hybridized carbons (Fsp3) is 0. The molecule has 0 saturated carbocycles. The first-order valence-electron chi connectivity index (χ1n) is 4.75. The quantitative estimate of drug-likeness (QED) is 0.656. The molecule has 0 aliphatic heterocycles. The van der Waals surface area contributed by atoms with Crippen LogP contribution in [0.3, 0.4) is 0 Å². The van der Waals surface area contributed by atoms with Crippen LogP contribution in [-0.2, 0) is 0 Å². The van der Waals surface area contributed by atoms with Crippen molar-refractivity contribution in [1.29, 1.82) is 0 Å². The first-order chi connectivity index (χ1) is 8.33. The second-order valence-electron chi connectivity index (χ2n) is 3.21. The number of nitrogens with zero attached hydrogens (tertiary/aromatic N) is 5.